The number of esters is 1. The average molecular weight is 360 g/mol. The van der Waals surface area contributed by atoms with Gasteiger partial charge in [0.1, 0.15) is 0 Å². The highest BCUT2D eigenvalue weighted by Crippen LogP contribution is 2.20. The Bertz CT molecular complexity index is 1110. The van der Waals surface area contributed by atoms with Crippen LogP contribution in [0.25, 0.3) is 21.8 Å². The van der Waals surface area contributed by atoms with Gasteiger partial charge in [0.2, 0.25) is 5.78 Å². The second-order valence-electron chi connectivity index (χ2n) is 6.54. The van der Waals surface area contributed by atoms with Gasteiger partial charge in [0.05, 0.1) is 0 Å². The normalized spacial score (nSPS) is 11.1. The van der Waals surface area contributed by atoms with Crippen LogP contribution in [-0.2, 0) is 16.0 Å². The minimum Gasteiger partial charge on any atom is -0.457 e. The first-order valence-electron chi connectivity index (χ1n) is 9.02. The number of benzene rings is 2. The number of carbonyl (C=O) groups is 2. The van der Waals surface area contributed by atoms with E-state index in [2.05, 4.69) is 16.0 Å². The molecule has 0 saturated heterocycles. The van der Waals surface area contributed by atoms with E-state index >= 15 is 0 Å². The molecule has 0 unspecified atom stereocenters. The van der Waals surface area contributed by atoms with Crippen LogP contribution in [0.2, 0.25) is 0 Å². The first kappa shape index (κ1) is 17.1. The average Bonchev–Trinajstić information content (AvgIpc) is 3.31. The number of hydrogen-bond donors (Lipinski definition) is 2. The summed E-state index contributed by atoms with van der Waals surface area (Å²) in [4.78, 5) is 30.6. The molecule has 0 amide bonds. The molecule has 0 saturated carbocycles. The third-order valence-electron chi connectivity index (χ3n) is 4.76. The largest absolute Gasteiger partial charge is 0.457 e. The number of nitrogens with one attached hydrogen (secondary N) is 2. The van der Waals surface area contributed by atoms with Crippen molar-refractivity contribution in [1.29, 1.82) is 0 Å². The number of para-hydroxylation sites is 2. The number of aromatic nitrogens is 2. The minimum atomic E-state index is -0.344. The van der Waals surface area contributed by atoms with E-state index in [1.807, 2.05) is 48.7 Å². The van der Waals surface area contributed by atoms with Crippen LogP contribution in [-0.4, -0.2) is 28.3 Å². The molecule has 136 valence electrons. The van der Waals surface area contributed by atoms with Gasteiger partial charge in [0, 0.05) is 46.2 Å². The van der Waals surface area contributed by atoms with Gasteiger partial charge in [-0.05, 0) is 30.5 Å². The molecular formula is C22H20N2O3. The van der Waals surface area contributed by atoms with Crippen molar-refractivity contribution in [3.05, 3.63) is 72.1 Å². The number of rotatable bonds is 7. The minimum absolute atomic E-state index is 0.197. The van der Waals surface area contributed by atoms with Crippen LogP contribution >= 0.6 is 0 Å². The third-order valence-corrected chi connectivity index (χ3v) is 4.76. The lowest BCUT2D eigenvalue weighted by Crippen LogP contribution is -2.13. The Kier molecular flexibility index (Phi) is 4.75. The van der Waals surface area contributed by atoms with Crippen molar-refractivity contribution >= 4 is 33.6 Å². The van der Waals surface area contributed by atoms with E-state index in [1.165, 1.54) is 10.9 Å². The molecule has 2 N–H and O–H groups in total. The van der Waals surface area contributed by atoms with E-state index in [0.29, 0.717) is 18.4 Å². The van der Waals surface area contributed by atoms with Crippen molar-refractivity contribution < 1.29 is 14.3 Å². The van der Waals surface area contributed by atoms with Gasteiger partial charge in [0.15, 0.2) is 6.61 Å². The van der Waals surface area contributed by atoms with Crippen molar-refractivity contribution in [2.45, 2.75) is 19.3 Å². The van der Waals surface area contributed by atoms with Crippen LogP contribution in [0.1, 0.15) is 28.8 Å². The van der Waals surface area contributed by atoms with E-state index in [9.17, 15) is 9.59 Å². The maximum absolute atomic E-state index is 12.3. The Labute approximate surface area is 156 Å². The molecule has 27 heavy (non-hydrogen) atoms. The fourth-order valence-corrected chi connectivity index (χ4v) is 3.36. The molecule has 0 fully saturated rings. The summed E-state index contributed by atoms with van der Waals surface area (Å²) < 4.78 is 5.17. The van der Waals surface area contributed by atoms with Crippen molar-refractivity contribution in [1.82, 2.24) is 9.97 Å². The second kappa shape index (κ2) is 7.50. The molecule has 0 atom stereocenters. The number of aromatic amines is 2. The lowest BCUT2D eigenvalue weighted by atomic mass is 10.1. The van der Waals surface area contributed by atoms with Gasteiger partial charge in [-0.15, -0.1) is 0 Å². The van der Waals surface area contributed by atoms with Gasteiger partial charge in [-0.1, -0.05) is 36.4 Å². The molecule has 0 aliphatic carbocycles. The summed E-state index contributed by atoms with van der Waals surface area (Å²) >= 11 is 0. The quantitative estimate of drug-likeness (QED) is 0.379. The number of H-pyrrole nitrogens is 2. The molecule has 4 aromatic rings. The standard InChI is InChI=1S/C22H20N2O3/c25-21(18-13-24-20-10-4-2-8-17(18)20)14-27-22(26)11-5-6-15-12-23-19-9-3-1-7-16(15)19/h1-4,7-10,12-13,23-24H,5-6,11,14H2. The van der Waals surface area contributed by atoms with Gasteiger partial charge >= 0.3 is 5.97 Å². The smallest absolute Gasteiger partial charge is 0.306 e. The molecule has 0 aliphatic rings. The summed E-state index contributed by atoms with van der Waals surface area (Å²) in [6.07, 6.45) is 5.41. The third kappa shape index (κ3) is 3.62. The van der Waals surface area contributed by atoms with Crippen molar-refractivity contribution in [2.75, 3.05) is 6.61 Å². The highest BCUT2D eigenvalue weighted by Gasteiger charge is 2.14. The molecule has 2 aromatic heterocycles. The molecule has 0 aliphatic heterocycles. The van der Waals surface area contributed by atoms with Crippen molar-refractivity contribution in [3.63, 3.8) is 0 Å². The highest BCUT2D eigenvalue weighted by atomic mass is 16.5. The molecule has 5 heteroatoms. The lowest BCUT2D eigenvalue weighted by molar-refractivity contribution is -0.142. The van der Waals surface area contributed by atoms with Crippen LogP contribution in [0.5, 0.6) is 0 Å². The van der Waals surface area contributed by atoms with Crippen LogP contribution in [0.15, 0.2) is 60.9 Å². The van der Waals surface area contributed by atoms with Gasteiger partial charge in [-0.2, -0.15) is 0 Å². The summed E-state index contributed by atoms with van der Waals surface area (Å²) in [6, 6.07) is 15.7. The topological polar surface area (TPSA) is 75.0 Å². The first-order chi connectivity index (χ1) is 13.2. The molecule has 2 heterocycles. The Morgan fingerprint density at radius 2 is 1.52 bits per heavy atom. The predicted molar refractivity (Wildman–Crippen MR) is 105 cm³/mol. The van der Waals surface area contributed by atoms with E-state index in [4.69, 9.17) is 4.74 Å². The van der Waals surface area contributed by atoms with Crippen LogP contribution in [0, 0.1) is 0 Å². The van der Waals surface area contributed by atoms with E-state index in [1.54, 1.807) is 6.20 Å². The number of hydrogen-bond acceptors (Lipinski definition) is 3. The Morgan fingerprint density at radius 3 is 2.33 bits per heavy atom. The molecule has 0 spiro atoms. The molecule has 5 nitrogen and oxygen atoms in total. The highest BCUT2D eigenvalue weighted by molar-refractivity contribution is 6.08. The molecule has 4 rings (SSSR count). The molecular weight excluding hydrogens is 340 g/mol. The summed E-state index contributed by atoms with van der Waals surface area (Å²) in [6.45, 7) is -0.228. The summed E-state index contributed by atoms with van der Waals surface area (Å²) in [5.41, 5.74) is 3.73. The van der Waals surface area contributed by atoms with E-state index in [0.717, 1.165) is 22.8 Å². The van der Waals surface area contributed by atoms with Gasteiger partial charge in [-0.3, -0.25) is 9.59 Å². The fraction of sp³-hybridized carbons (Fsp3) is 0.182. The SMILES string of the molecule is O=C(CCCc1c[nH]c2ccccc12)OCC(=O)c1c[nH]c2ccccc12. The summed E-state index contributed by atoms with van der Waals surface area (Å²) in [5.74, 6) is -0.541. The fourth-order valence-electron chi connectivity index (χ4n) is 3.36. The first-order valence-corrected chi connectivity index (χ1v) is 9.02. The summed E-state index contributed by atoms with van der Waals surface area (Å²) in [5, 5.41) is 2.03. The molecule has 0 radical (unpaired) electrons. The van der Waals surface area contributed by atoms with Gasteiger partial charge in [0.25, 0.3) is 0 Å². The van der Waals surface area contributed by atoms with Gasteiger partial charge < -0.3 is 14.7 Å². The number of fused-ring (bicyclic) bond motifs is 2. The maximum atomic E-state index is 12.3. The lowest BCUT2D eigenvalue weighted by Gasteiger charge is -2.04. The molecule has 2 aromatic carbocycles. The summed E-state index contributed by atoms with van der Waals surface area (Å²) in [7, 11) is 0. The zero-order valence-corrected chi connectivity index (χ0v) is 14.8. The number of Topliss-reactive ketones (excluding diaryl/α,β-unsaturated/α-hetero) is 1. The van der Waals surface area contributed by atoms with Crippen LogP contribution in [0.3, 0.4) is 0 Å². The van der Waals surface area contributed by atoms with Crippen molar-refractivity contribution in [2.24, 2.45) is 0 Å². The van der Waals surface area contributed by atoms with Crippen LogP contribution in [0.4, 0.5) is 0 Å². The monoisotopic (exact) mass is 360 g/mol. The number of ketones is 1. The van der Waals surface area contributed by atoms with Gasteiger partial charge in [-0.25, -0.2) is 0 Å². The van der Waals surface area contributed by atoms with E-state index in [-0.39, 0.29) is 18.4 Å². The zero-order chi connectivity index (χ0) is 18.6. The zero-order valence-electron chi connectivity index (χ0n) is 14.8. The number of ether oxygens (including phenoxy) is 1. The maximum Gasteiger partial charge on any atom is 0.306 e. The van der Waals surface area contributed by atoms with Crippen molar-refractivity contribution in [3.8, 4) is 0 Å². The molecule has 0 bridgehead atoms. The second-order valence-corrected chi connectivity index (χ2v) is 6.54. The number of carbonyl (C=O) groups excluding carboxylic acids is 2. The van der Waals surface area contributed by atoms with E-state index < -0.39 is 0 Å². The predicted octanol–water partition coefficient (Wildman–Crippen LogP) is 4.40. The number of aryl methyl sites for hydroxylation is 1. The Morgan fingerprint density at radius 1 is 0.852 bits per heavy atom. The van der Waals surface area contributed by atoms with Crippen LogP contribution < -0.4 is 0 Å². The Hall–Kier alpha value is -3.34. The Balaban J connectivity index is 1.28.